The lowest BCUT2D eigenvalue weighted by molar-refractivity contribution is 0.414. The van der Waals surface area contributed by atoms with Crippen LogP contribution in [0.1, 0.15) is 0 Å². The molecule has 154 valence electrons. The van der Waals surface area contributed by atoms with Crippen LogP contribution in [-0.2, 0) is 0 Å². The summed E-state index contributed by atoms with van der Waals surface area (Å²) in [4.78, 5) is 11.9. The van der Waals surface area contributed by atoms with E-state index >= 15 is 0 Å². The predicted molar refractivity (Wildman–Crippen MR) is 128 cm³/mol. The maximum absolute atomic E-state index is 5.32. The molecule has 5 aromatic rings. The average molecular weight is 474 g/mol. The molecule has 0 aliphatic heterocycles. The summed E-state index contributed by atoms with van der Waals surface area (Å²) in [6, 6.07) is 22.1. The van der Waals surface area contributed by atoms with Crippen molar-refractivity contribution in [3.8, 4) is 45.4 Å². The molecule has 6 heteroatoms. The molecule has 0 aliphatic rings. The fourth-order valence-corrected chi connectivity index (χ4v) is 4.08. The maximum Gasteiger partial charge on any atom is 0.140 e. The summed E-state index contributed by atoms with van der Waals surface area (Å²) < 4.78 is 11.7. The number of fused-ring (bicyclic) bond motifs is 1. The van der Waals surface area contributed by atoms with E-state index in [4.69, 9.17) is 14.5 Å². The Balaban J connectivity index is 1.69. The smallest absolute Gasteiger partial charge is 0.140 e. The van der Waals surface area contributed by atoms with E-state index < -0.39 is 0 Å². The number of halogens is 1. The third-order valence-electron chi connectivity index (χ3n) is 5.34. The van der Waals surface area contributed by atoms with Crippen molar-refractivity contribution < 1.29 is 9.47 Å². The number of aromatic nitrogens is 3. The van der Waals surface area contributed by atoms with Gasteiger partial charge in [-0.05, 0) is 66.7 Å². The number of hydrogen-bond donors (Lipinski definition) is 2. The molecule has 0 amide bonds. The molecule has 0 unspecified atom stereocenters. The van der Waals surface area contributed by atoms with E-state index in [9.17, 15) is 0 Å². The summed E-state index contributed by atoms with van der Waals surface area (Å²) in [5.74, 6) is 2.43. The Morgan fingerprint density at radius 1 is 0.806 bits per heavy atom. The fraction of sp³-hybridized carbons (Fsp3) is 0.0800. The first-order valence-electron chi connectivity index (χ1n) is 9.82. The summed E-state index contributed by atoms with van der Waals surface area (Å²) in [6.45, 7) is 0. The van der Waals surface area contributed by atoms with E-state index in [0.29, 0.717) is 0 Å². The second-order valence-electron chi connectivity index (χ2n) is 7.16. The van der Waals surface area contributed by atoms with Gasteiger partial charge in [0, 0.05) is 38.3 Å². The third kappa shape index (κ3) is 3.59. The summed E-state index contributed by atoms with van der Waals surface area (Å²) in [5.41, 5.74) is 5.96. The van der Waals surface area contributed by atoms with Crippen LogP contribution in [0.4, 0.5) is 0 Å². The highest BCUT2D eigenvalue weighted by molar-refractivity contribution is 9.10. The highest BCUT2D eigenvalue weighted by atomic mass is 79.9. The Morgan fingerprint density at radius 2 is 1.45 bits per heavy atom. The second-order valence-corrected chi connectivity index (χ2v) is 8.07. The Morgan fingerprint density at radius 3 is 2.10 bits per heavy atom. The Hall–Kier alpha value is -3.51. The number of benzene rings is 3. The van der Waals surface area contributed by atoms with Crippen molar-refractivity contribution in [3.63, 3.8) is 0 Å². The quantitative estimate of drug-likeness (QED) is 0.299. The van der Waals surface area contributed by atoms with Crippen LogP contribution in [0.25, 0.3) is 44.8 Å². The zero-order chi connectivity index (χ0) is 21.4. The normalized spacial score (nSPS) is 11.1. The van der Waals surface area contributed by atoms with Crippen LogP contribution < -0.4 is 9.47 Å². The highest BCUT2D eigenvalue weighted by Crippen LogP contribution is 2.36. The molecule has 2 N–H and O–H groups in total. The van der Waals surface area contributed by atoms with Gasteiger partial charge < -0.3 is 19.4 Å². The van der Waals surface area contributed by atoms with Gasteiger partial charge in [-0.15, -0.1) is 0 Å². The fourth-order valence-electron chi connectivity index (χ4n) is 3.71. The molecule has 5 rings (SSSR count). The zero-order valence-corrected chi connectivity index (χ0v) is 18.7. The van der Waals surface area contributed by atoms with Gasteiger partial charge in [0.25, 0.3) is 0 Å². The summed E-state index contributed by atoms with van der Waals surface area (Å²) >= 11 is 3.58. The largest absolute Gasteiger partial charge is 0.497 e. The lowest BCUT2D eigenvalue weighted by atomic mass is 10.0. The number of H-pyrrole nitrogens is 2. The molecule has 0 fully saturated rings. The number of hydrogen-bond acceptors (Lipinski definition) is 3. The lowest BCUT2D eigenvalue weighted by Crippen LogP contribution is -1.87. The van der Waals surface area contributed by atoms with Crippen LogP contribution in [0.5, 0.6) is 11.5 Å². The number of ether oxygens (including phenoxy) is 2. The van der Waals surface area contributed by atoms with Crippen molar-refractivity contribution in [2.45, 2.75) is 0 Å². The van der Waals surface area contributed by atoms with Crippen LogP contribution in [0.2, 0.25) is 0 Å². The van der Waals surface area contributed by atoms with E-state index in [-0.39, 0.29) is 0 Å². The standard InChI is InChI=1S/C25H20BrN3O2/c1-30-18-8-3-15(4-9-18)23-24(16-5-10-19(31-2)11-6-16)29-25(28-23)21-14-27-22-12-7-17(26)13-20(21)22/h3-14,27H,1-2H3,(H,28,29). The molecule has 2 aromatic heterocycles. The summed E-state index contributed by atoms with van der Waals surface area (Å²) in [5, 5.41) is 1.10. The molecule has 5 nitrogen and oxygen atoms in total. The van der Waals surface area contributed by atoms with E-state index in [1.54, 1.807) is 14.2 Å². The van der Waals surface area contributed by atoms with Gasteiger partial charge in [0.05, 0.1) is 25.6 Å². The summed E-state index contributed by atoms with van der Waals surface area (Å²) in [7, 11) is 3.33. The number of nitrogens with one attached hydrogen (secondary N) is 2. The Bertz CT molecular complexity index is 1290. The van der Waals surface area contributed by atoms with Crippen molar-refractivity contribution in [3.05, 3.63) is 77.4 Å². The van der Waals surface area contributed by atoms with Crippen LogP contribution in [0.3, 0.4) is 0 Å². The van der Waals surface area contributed by atoms with Crippen LogP contribution in [0, 0.1) is 0 Å². The van der Waals surface area contributed by atoms with Crippen LogP contribution >= 0.6 is 15.9 Å². The van der Waals surface area contributed by atoms with Gasteiger partial charge in [-0.2, -0.15) is 0 Å². The molecular formula is C25H20BrN3O2. The van der Waals surface area contributed by atoms with E-state index in [1.807, 2.05) is 60.8 Å². The molecule has 0 spiro atoms. The first kappa shape index (κ1) is 19.5. The minimum atomic E-state index is 0.806. The van der Waals surface area contributed by atoms with Gasteiger partial charge in [0.1, 0.15) is 17.3 Å². The van der Waals surface area contributed by atoms with Crippen molar-refractivity contribution in [2.24, 2.45) is 0 Å². The van der Waals surface area contributed by atoms with E-state index in [2.05, 4.69) is 38.0 Å². The van der Waals surface area contributed by atoms with Gasteiger partial charge in [0.15, 0.2) is 0 Å². The van der Waals surface area contributed by atoms with Gasteiger partial charge in [-0.25, -0.2) is 4.98 Å². The number of methoxy groups -OCH3 is 2. The van der Waals surface area contributed by atoms with E-state index in [1.165, 1.54) is 0 Å². The first-order chi connectivity index (χ1) is 15.2. The van der Waals surface area contributed by atoms with Crippen molar-refractivity contribution in [1.29, 1.82) is 0 Å². The minimum absolute atomic E-state index is 0.806. The Kier molecular flexibility index (Phi) is 5.00. The van der Waals surface area contributed by atoms with Gasteiger partial charge in [-0.3, -0.25) is 0 Å². The number of imidazole rings is 1. The van der Waals surface area contributed by atoms with Crippen LogP contribution in [-0.4, -0.2) is 29.2 Å². The molecular weight excluding hydrogens is 454 g/mol. The molecule has 0 saturated heterocycles. The minimum Gasteiger partial charge on any atom is -0.497 e. The lowest BCUT2D eigenvalue weighted by Gasteiger charge is -2.06. The topological polar surface area (TPSA) is 62.9 Å². The molecule has 31 heavy (non-hydrogen) atoms. The zero-order valence-electron chi connectivity index (χ0n) is 17.1. The van der Waals surface area contributed by atoms with Crippen LogP contribution in [0.15, 0.2) is 77.4 Å². The predicted octanol–water partition coefficient (Wildman–Crippen LogP) is 6.67. The molecule has 0 saturated carbocycles. The van der Waals surface area contributed by atoms with E-state index in [0.717, 1.165) is 60.8 Å². The molecule has 0 bridgehead atoms. The number of rotatable bonds is 5. The van der Waals surface area contributed by atoms with Crippen molar-refractivity contribution >= 4 is 26.8 Å². The molecule has 0 atom stereocenters. The molecule has 3 aromatic carbocycles. The highest BCUT2D eigenvalue weighted by Gasteiger charge is 2.18. The van der Waals surface area contributed by atoms with Crippen molar-refractivity contribution in [2.75, 3.05) is 14.2 Å². The van der Waals surface area contributed by atoms with Gasteiger partial charge >= 0.3 is 0 Å². The van der Waals surface area contributed by atoms with Crippen molar-refractivity contribution in [1.82, 2.24) is 15.0 Å². The van der Waals surface area contributed by atoms with Gasteiger partial charge in [-0.1, -0.05) is 15.9 Å². The number of nitrogens with zero attached hydrogens (tertiary/aromatic N) is 1. The van der Waals surface area contributed by atoms with Gasteiger partial charge in [0.2, 0.25) is 0 Å². The Labute approximate surface area is 188 Å². The third-order valence-corrected chi connectivity index (χ3v) is 5.84. The summed E-state index contributed by atoms with van der Waals surface area (Å²) in [6.07, 6.45) is 1.99. The average Bonchev–Trinajstić information content (AvgIpc) is 3.43. The molecule has 0 radical (unpaired) electrons. The monoisotopic (exact) mass is 473 g/mol. The number of aromatic amines is 2. The SMILES string of the molecule is COc1ccc(-c2nc(-c3c[nH]c4ccc(Br)cc34)[nH]c2-c2ccc(OC)cc2)cc1. The molecule has 0 aliphatic carbocycles. The first-order valence-corrected chi connectivity index (χ1v) is 10.6. The maximum atomic E-state index is 5.32. The second kappa shape index (κ2) is 7.96. The molecule has 2 heterocycles.